The normalized spacial score (nSPS) is 22.1. The van der Waals surface area contributed by atoms with Gasteiger partial charge >= 0.3 is 5.97 Å². The molecule has 5 nitrogen and oxygen atoms in total. The third-order valence-electron chi connectivity index (χ3n) is 3.30. The standard InChI is InChI=1S/C13H13BrClNO4/c1-20-8-5-11(13(18)19)16(6-8)12(17)9-3-2-7(14)4-10(9)15/h2-4,8,11H,5-6H2,1H3,(H,18,19). The van der Waals surface area contributed by atoms with E-state index in [2.05, 4.69) is 15.9 Å². The summed E-state index contributed by atoms with van der Waals surface area (Å²) in [4.78, 5) is 25.0. The second-order valence-electron chi connectivity index (χ2n) is 4.53. The molecule has 2 unspecified atom stereocenters. The quantitative estimate of drug-likeness (QED) is 0.897. The molecular formula is C13H13BrClNO4. The highest BCUT2D eigenvalue weighted by Crippen LogP contribution is 2.27. The third kappa shape index (κ3) is 2.97. The molecule has 0 aromatic heterocycles. The van der Waals surface area contributed by atoms with Crippen molar-refractivity contribution in [1.29, 1.82) is 0 Å². The van der Waals surface area contributed by atoms with Gasteiger partial charge in [-0.15, -0.1) is 0 Å². The summed E-state index contributed by atoms with van der Waals surface area (Å²) in [6, 6.07) is 3.99. The number of hydrogen-bond acceptors (Lipinski definition) is 3. The van der Waals surface area contributed by atoms with Crippen LogP contribution in [0.1, 0.15) is 16.8 Å². The first-order valence-corrected chi connectivity index (χ1v) is 7.12. The monoisotopic (exact) mass is 361 g/mol. The SMILES string of the molecule is COC1CC(C(=O)O)N(C(=O)c2ccc(Br)cc2Cl)C1. The number of carboxylic acids is 1. The summed E-state index contributed by atoms with van der Waals surface area (Å²) in [5.41, 5.74) is 0.290. The van der Waals surface area contributed by atoms with Crippen molar-refractivity contribution in [3.8, 4) is 0 Å². The molecule has 1 amide bonds. The van der Waals surface area contributed by atoms with Crippen LogP contribution in [0, 0.1) is 0 Å². The molecule has 1 N–H and O–H groups in total. The minimum atomic E-state index is -1.04. The second-order valence-corrected chi connectivity index (χ2v) is 5.85. The average Bonchev–Trinajstić information content (AvgIpc) is 2.82. The second kappa shape index (κ2) is 6.11. The maximum atomic E-state index is 12.5. The molecule has 1 fully saturated rings. The summed E-state index contributed by atoms with van der Waals surface area (Å²) >= 11 is 9.31. The van der Waals surface area contributed by atoms with E-state index >= 15 is 0 Å². The van der Waals surface area contributed by atoms with Gasteiger partial charge in [0, 0.05) is 24.5 Å². The van der Waals surface area contributed by atoms with Crippen molar-refractivity contribution in [2.45, 2.75) is 18.6 Å². The number of carbonyl (C=O) groups excluding carboxylic acids is 1. The molecule has 7 heteroatoms. The van der Waals surface area contributed by atoms with Gasteiger partial charge in [-0.3, -0.25) is 4.79 Å². The highest BCUT2D eigenvalue weighted by molar-refractivity contribution is 9.10. The summed E-state index contributed by atoms with van der Waals surface area (Å²) in [5, 5.41) is 9.50. The van der Waals surface area contributed by atoms with E-state index in [-0.39, 0.29) is 29.7 Å². The van der Waals surface area contributed by atoms with Crippen molar-refractivity contribution in [2.24, 2.45) is 0 Å². The number of rotatable bonds is 3. The lowest BCUT2D eigenvalue weighted by Gasteiger charge is -2.21. The number of benzene rings is 1. The lowest BCUT2D eigenvalue weighted by atomic mass is 10.1. The Labute approximate surface area is 129 Å². The topological polar surface area (TPSA) is 66.8 Å². The fourth-order valence-corrected chi connectivity index (χ4v) is 3.00. The van der Waals surface area contributed by atoms with Crippen LogP contribution in [0.5, 0.6) is 0 Å². The lowest BCUT2D eigenvalue weighted by Crippen LogP contribution is -2.40. The Morgan fingerprint density at radius 3 is 2.75 bits per heavy atom. The van der Waals surface area contributed by atoms with Gasteiger partial charge in [0.1, 0.15) is 6.04 Å². The largest absolute Gasteiger partial charge is 0.480 e. The molecule has 0 bridgehead atoms. The zero-order chi connectivity index (χ0) is 14.9. The molecule has 1 saturated heterocycles. The Hall–Kier alpha value is -1.11. The van der Waals surface area contributed by atoms with Crippen molar-refractivity contribution in [3.63, 3.8) is 0 Å². The molecule has 1 aromatic rings. The van der Waals surface area contributed by atoms with Crippen LogP contribution in [-0.2, 0) is 9.53 Å². The number of amides is 1. The van der Waals surface area contributed by atoms with Crippen LogP contribution in [0.15, 0.2) is 22.7 Å². The van der Waals surface area contributed by atoms with Crippen LogP contribution in [0.4, 0.5) is 0 Å². The zero-order valence-electron chi connectivity index (χ0n) is 10.7. The van der Waals surface area contributed by atoms with E-state index in [1.165, 1.54) is 12.0 Å². The van der Waals surface area contributed by atoms with Gasteiger partial charge < -0.3 is 14.7 Å². The van der Waals surface area contributed by atoms with Gasteiger partial charge in [-0.1, -0.05) is 27.5 Å². The summed E-state index contributed by atoms with van der Waals surface area (Å²) in [7, 11) is 1.50. The maximum absolute atomic E-state index is 12.5. The van der Waals surface area contributed by atoms with Crippen LogP contribution in [0.2, 0.25) is 5.02 Å². The molecular weight excluding hydrogens is 350 g/mol. The predicted molar refractivity (Wildman–Crippen MR) is 77.0 cm³/mol. The molecule has 108 valence electrons. The number of methoxy groups -OCH3 is 1. The van der Waals surface area contributed by atoms with Crippen molar-refractivity contribution in [1.82, 2.24) is 4.90 Å². The molecule has 1 aliphatic rings. The first-order chi connectivity index (χ1) is 9.43. The molecule has 2 atom stereocenters. The molecule has 2 rings (SSSR count). The average molecular weight is 363 g/mol. The van der Waals surface area contributed by atoms with Gasteiger partial charge in [-0.2, -0.15) is 0 Å². The number of nitrogens with zero attached hydrogens (tertiary/aromatic N) is 1. The fourth-order valence-electron chi connectivity index (χ4n) is 2.24. The Morgan fingerprint density at radius 1 is 1.50 bits per heavy atom. The minimum Gasteiger partial charge on any atom is -0.480 e. The summed E-state index contributed by atoms with van der Waals surface area (Å²) in [6.45, 7) is 0.249. The Kier molecular flexibility index (Phi) is 4.67. The number of carboxylic acid groups (broad SMARTS) is 1. The number of ether oxygens (including phenoxy) is 1. The molecule has 1 heterocycles. The predicted octanol–water partition coefficient (Wildman–Crippen LogP) is 2.42. The van der Waals surface area contributed by atoms with Gasteiger partial charge in [0.2, 0.25) is 0 Å². The van der Waals surface area contributed by atoms with Crippen LogP contribution in [0.3, 0.4) is 0 Å². The number of likely N-dealkylation sites (tertiary alicyclic amines) is 1. The minimum absolute atomic E-state index is 0.249. The van der Waals surface area contributed by atoms with Crippen molar-refractivity contribution < 1.29 is 19.4 Å². The van der Waals surface area contributed by atoms with Gasteiger partial charge in [0.05, 0.1) is 16.7 Å². The first kappa shape index (κ1) is 15.3. The fraction of sp³-hybridized carbons (Fsp3) is 0.385. The van der Waals surface area contributed by atoms with E-state index in [4.69, 9.17) is 16.3 Å². The molecule has 0 radical (unpaired) electrons. The van der Waals surface area contributed by atoms with Crippen LogP contribution in [-0.4, -0.2) is 47.7 Å². The molecule has 1 aromatic carbocycles. The molecule has 1 aliphatic heterocycles. The van der Waals surface area contributed by atoms with E-state index < -0.39 is 17.9 Å². The maximum Gasteiger partial charge on any atom is 0.326 e. The Morgan fingerprint density at radius 2 is 2.20 bits per heavy atom. The molecule has 0 aliphatic carbocycles. The number of carbonyl (C=O) groups is 2. The van der Waals surface area contributed by atoms with E-state index in [0.717, 1.165) is 4.47 Å². The van der Waals surface area contributed by atoms with Crippen LogP contribution < -0.4 is 0 Å². The number of aliphatic carboxylic acids is 1. The summed E-state index contributed by atoms with van der Waals surface area (Å²) in [6.07, 6.45) is 0.0143. The summed E-state index contributed by atoms with van der Waals surface area (Å²) in [5.74, 6) is -1.43. The van der Waals surface area contributed by atoms with Crippen molar-refractivity contribution in [2.75, 3.05) is 13.7 Å². The van der Waals surface area contributed by atoms with Crippen LogP contribution in [0.25, 0.3) is 0 Å². The summed E-state index contributed by atoms with van der Waals surface area (Å²) < 4.78 is 5.91. The zero-order valence-corrected chi connectivity index (χ0v) is 13.0. The van der Waals surface area contributed by atoms with Gasteiger partial charge in [0.15, 0.2) is 0 Å². The van der Waals surface area contributed by atoms with E-state index in [1.807, 2.05) is 0 Å². The Bertz CT molecular complexity index is 551. The number of halogens is 2. The van der Waals surface area contributed by atoms with Gasteiger partial charge in [-0.25, -0.2) is 4.79 Å². The van der Waals surface area contributed by atoms with E-state index in [0.29, 0.717) is 0 Å². The van der Waals surface area contributed by atoms with Crippen molar-refractivity contribution in [3.05, 3.63) is 33.3 Å². The third-order valence-corrected chi connectivity index (χ3v) is 4.11. The molecule has 0 saturated carbocycles. The molecule has 0 spiro atoms. The van der Waals surface area contributed by atoms with E-state index in [1.54, 1.807) is 18.2 Å². The van der Waals surface area contributed by atoms with Crippen LogP contribution >= 0.6 is 27.5 Å². The van der Waals surface area contributed by atoms with E-state index in [9.17, 15) is 14.7 Å². The van der Waals surface area contributed by atoms with Gasteiger partial charge in [0.25, 0.3) is 5.91 Å². The highest BCUT2D eigenvalue weighted by atomic mass is 79.9. The highest BCUT2D eigenvalue weighted by Gasteiger charge is 2.40. The first-order valence-electron chi connectivity index (χ1n) is 5.95. The van der Waals surface area contributed by atoms with Crippen molar-refractivity contribution >= 4 is 39.4 Å². The lowest BCUT2D eigenvalue weighted by molar-refractivity contribution is -0.141. The van der Waals surface area contributed by atoms with Gasteiger partial charge in [-0.05, 0) is 18.2 Å². The number of hydrogen-bond donors (Lipinski definition) is 1. The smallest absolute Gasteiger partial charge is 0.326 e. The Balaban J connectivity index is 2.29. The molecule has 20 heavy (non-hydrogen) atoms.